The lowest BCUT2D eigenvalue weighted by Crippen LogP contribution is -2.30. The number of hydrogen-bond donors (Lipinski definition) is 1. The summed E-state index contributed by atoms with van der Waals surface area (Å²) in [7, 11) is 0. The summed E-state index contributed by atoms with van der Waals surface area (Å²) in [4.78, 5) is 34.5. The molecule has 0 aliphatic carbocycles. The molecule has 2 aromatic rings. The SMILES string of the molecule is C=CCNC(=O)COC(=O)Cn1nc(-c2ccc(F)cc2)oc1=O. The maximum Gasteiger partial charge on any atom is 0.437 e. The van der Waals surface area contributed by atoms with Gasteiger partial charge in [-0.1, -0.05) is 6.08 Å². The van der Waals surface area contributed by atoms with Crippen molar-refractivity contribution in [2.75, 3.05) is 13.2 Å². The van der Waals surface area contributed by atoms with Gasteiger partial charge in [0.25, 0.3) is 5.91 Å². The molecule has 1 heterocycles. The smallest absolute Gasteiger partial charge is 0.437 e. The molecule has 0 saturated heterocycles. The van der Waals surface area contributed by atoms with Gasteiger partial charge in [0.1, 0.15) is 12.4 Å². The van der Waals surface area contributed by atoms with Crippen LogP contribution < -0.4 is 11.1 Å². The summed E-state index contributed by atoms with van der Waals surface area (Å²) in [5.41, 5.74) is 0.379. The first-order valence-corrected chi connectivity index (χ1v) is 6.86. The molecule has 0 aliphatic rings. The Hall–Kier alpha value is -3.23. The number of amides is 1. The van der Waals surface area contributed by atoms with Crippen molar-refractivity contribution in [3.05, 3.63) is 53.3 Å². The van der Waals surface area contributed by atoms with Crippen molar-refractivity contribution in [3.63, 3.8) is 0 Å². The molecule has 1 aromatic carbocycles. The summed E-state index contributed by atoms with van der Waals surface area (Å²) < 4.78 is 23.2. The molecule has 126 valence electrons. The number of halogens is 1. The number of rotatable bonds is 7. The topological polar surface area (TPSA) is 103 Å². The Kier molecular flexibility index (Phi) is 5.61. The summed E-state index contributed by atoms with van der Waals surface area (Å²) in [6.45, 7) is 2.68. The molecule has 0 radical (unpaired) electrons. The van der Waals surface area contributed by atoms with Gasteiger partial charge in [0.2, 0.25) is 5.89 Å². The second-order valence-electron chi connectivity index (χ2n) is 4.59. The van der Waals surface area contributed by atoms with E-state index >= 15 is 0 Å². The largest absolute Gasteiger partial charge is 0.454 e. The predicted molar refractivity (Wildman–Crippen MR) is 80.3 cm³/mol. The molecular formula is C15H14FN3O5. The van der Waals surface area contributed by atoms with Crippen LogP contribution in [0.2, 0.25) is 0 Å². The van der Waals surface area contributed by atoms with Crippen LogP contribution in [0, 0.1) is 5.82 Å². The highest BCUT2D eigenvalue weighted by atomic mass is 19.1. The van der Waals surface area contributed by atoms with Crippen LogP contribution in [0.3, 0.4) is 0 Å². The van der Waals surface area contributed by atoms with Gasteiger partial charge < -0.3 is 14.5 Å². The van der Waals surface area contributed by atoms with Gasteiger partial charge in [0, 0.05) is 12.1 Å². The summed E-state index contributed by atoms with van der Waals surface area (Å²) in [6.07, 6.45) is 1.48. The molecule has 0 unspecified atom stereocenters. The normalized spacial score (nSPS) is 10.2. The number of carbonyl (C=O) groups excluding carboxylic acids is 2. The molecule has 0 fully saturated rings. The fourth-order valence-corrected chi connectivity index (χ4v) is 1.67. The first kappa shape index (κ1) is 17.1. The van der Waals surface area contributed by atoms with Crippen molar-refractivity contribution in [2.24, 2.45) is 0 Å². The quantitative estimate of drug-likeness (QED) is 0.583. The molecule has 8 nitrogen and oxygen atoms in total. The average Bonchev–Trinajstić information content (AvgIpc) is 2.92. The van der Waals surface area contributed by atoms with E-state index in [4.69, 9.17) is 9.15 Å². The van der Waals surface area contributed by atoms with Gasteiger partial charge in [0.15, 0.2) is 6.61 Å². The van der Waals surface area contributed by atoms with Gasteiger partial charge in [0.05, 0.1) is 0 Å². The molecule has 0 saturated carbocycles. The van der Waals surface area contributed by atoms with E-state index in [1.54, 1.807) is 0 Å². The van der Waals surface area contributed by atoms with E-state index in [9.17, 15) is 18.8 Å². The van der Waals surface area contributed by atoms with E-state index in [-0.39, 0.29) is 12.4 Å². The molecule has 0 spiro atoms. The standard InChI is InChI=1S/C15H14FN3O5/c1-2-7-17-12(20)9-23-13(21)8-19-15(22)24-14(18-19)10-3-5-11(16)6-4-10/h2-6H,1,7-9H2,(H,17,20). The third-order valence-electron chi connectivity index (χ3n) is 2.78. The number of nitrogens with zero attached hydrogens (tertiary/aromatic N) is 2. The second-order valence-corrected chi connectivity index (χ2v) is 4.59. The first-order valence-electron chi connectivity index (χ1n) is 6.86. The highest BCUT2D eigenvalue weighted by Gasteiger charge is 2.15. The highest BCUT2D eigenvalue weighted by molar-refractivity contribution is 5.80. The predicted octanol–water partition coefficient (Wildman–Crippen LogP) is 0.488. The maximum atomic E-state index is 12.9. The molecule has 2 rings (SSSR count). The Balaban J connectivity index is 1.96. The fourth-order valence-electron chi connectivity index (χ4n) is 1.67. The first-order chi connectivity index (χ1) is 11.5. The number of esters is 1. The number of aromatic nitrogens is 2. The summed E-state index contributed by atoms with van der Waals surface area (Å²) >= 11 is 0. The average molecular weight is 335 g/mol. The number of ether oxygens (including phenoxy) is 1. The maximum absolute atomic E-state index is 12.9. The Morgan fingerprint density at radius 3 is 2.75 bits per heavy atom. The zero-order chi connectivity index (χ0) is 17.5. The lowest BCUT2D eigenvalue weighted by atomic mass is 10.2. The van der Waals surface area contributed by atoms with Crippen LogP contribution in [0.25, 0.3) is 11.5 Å². The van der Waals surface area contributed by atoms with Crippen LogP contribution >= 0.6 is 0 Å². The van der Waals surface area contributed by atoms with Crippen molar-refractivity contribution < 1.29 is 23.1 Å². The molecule has 1 amide bonds. The van der Waals surface area contributed by atoms with E-state index in [2.05, 4.69) is 17.0 Å². The molecule has 0 bridgehead atoms. The number of benzene rings is 1. The highest BCUT2D eigenvalue weighted by Crippen LogP contribution is 2.15. The van der Waals surface area contributed by atoms with Crippen LogP contribution in [0.5, 0.6) is 0 Å². The minimum Gasteiger partial charge on any atom is -0.454 e. The second kappa shape index (κ2) is 7.86. The molecule has 24 heavy (non-hydrogen) atoms. The lowest BCUT2D eigenvalue weighted by molar-refractivity contribution is -0.149. The molecular weight excluding hydrogens is 321 g/mol. The van der Waals surface area contributed by atoms with Gasteiger partial charge >= 0.3 is 11.7 Å². The molecule has 0 aliphatic heterocycles. The summed E-state index contributed by atoms with van der Waals surface area (Å²) in [5.74, 6) is -2.70. The number of hydrogen-bond acceptors (Lipinski definition) is 6. The van der Waals surface area contributed by atoms with E-state index in [1.165, 1.54) is 30.3 Å². The van der Waals surface area contributed by atoms with Crippen molar-refractivity contribution in [3.8, 4) is 11.5 Å². The Morgan fingerprint density at radius 1 is 1.38 bits per heavy atom. The summed E-state index contributed by atoms with van der Waals surface area (Å²) in [5, 5.41) is 6.25. The van der Waals surface area contributed by atoms with Crippen molar-refractivity contribution in [2.45, 2.75) is 6.54 Å². The van der Waals surface area contributed by atoms with Crippen LogP contribution in [-0.4, -0.2) is 34.8 Å². The van der Waals surface area contributed by atoms with Gasteiger partial charge in [-0.3, -0.25) is 9.59 Å². The zero-order valence-electron chi connectivity index (χ0n) is 12.5. The Morgan fingerprint density at radius 2 is 2.08 bits per heavy atom. The molecule has 0 atom stereocenters. The van der Waals surface area contributed by atoms with Crippen molar-refractivity contribution in [1.29, 1.82) is 0 Å². The Labute approximate surface area is 135 Å². The van der Waals surface area contributed by atoms with Crippen LogP contribution in [0.15, 0.2) is 46.1 Å². The van der Waals surface area contributed by atoms with Crippen LogP contribution in [-0.2, 0) is 20.9 Å². The van der Waals surface area contributed by atoms with Gasteiger partial charge in [-0.05, 0) is 24.3 Å². The molecule has 1 aromatic heterocycles. The van der Waals surface area contributed by atoms with Gasteiger partial charge in [-0.15, -0.1) is 11.7 Å². The minimum atomic E-state index is -0.873. The molecule has 1 N–H and O–H groups in total. The van der Waals surface area contributed by atoms with E-state index in [0.717, 1.165) is 4.68 Å². The van der Waals surface area contributed by atoms with E-state index < -0.39 is 36.6 Å². The number of nitrogens with one attached hydrogen (secondary N) is 1. The summed E-state index contributed by atoms with van der Waals surface area (Å²) in [6, 6.07) is 5.13. The minimum absolute atomic E-state index is 0.0588. The fraction of sp³-hybridized carbons (Fsp3) is 0.200. The zero-order valence-corrected chi connectivity index (χ0v) is 12.5. The third kappa shape index (κ3) is 4.63. The monoisotopic (exact) mass is 335 g/mol. The lowest BCUT2D eigenvalue weighted by Gasteiger charge is -2.04. The molecule has 9 heteroatoms. The van der Waals surface area contributed by atoms with Crippen molar-refractivity contribution in [1.82, 2.24) is 15.1 Å². The van der Waals surface area contributed by atoms with Gasteiger partial charge in [-0.25, -0.2) is 9.18 Å². The van der Waals surface area contributed by atoms with Gasteiger partial charge in [-0.2, -0.15) is 4.68 Å². The van der Waals surface area contributed by atoms with Crippen molar-refractivity contribution >= 4 is 11.9 Å². The Bertz CT molecular complexity index is 794. The van der Waals surface area contributed by atoms with Crippen LogP contribution in [0.1, 0.15) is 0 Å². The number of carbonyl (C=O) groups is 2. The van der Waals surface area contributed by atoms with Crippen LogP contribution in [0.4, 0.5) is 4.39 Å². The van der Waals surface area contributed by atoms with E-state index in [1.807, 2.05) is 0 Å². The third-order valence-corrected chi connectivity index (χ3v) is 2.78. The van der Waals surface area contributed by atoms with E-state index in [0.29, 0.717) is 5.56 Å².